The van der Waals surface area contributed by atoms with E-state index in [2.05, 4.69) is 15.1 Å². The van der Waals surface area contributed by atoms with Gasteiger partial charge in [-0.15, -0.1) is 0 Å². The SMILES string of the molecule is CC(C(=O)OC(C)(C)C)N1CCN(CC2CN(c3ccc(C(=N)NC(=O)Oc4ccccc4)cc3)C(=O)O2)CC1. The number of esters is 1. The lowest BCUT2D eigenvalue weighted by Gasteiger charge is -2.38. The number of nitrogens with zero attached hydrogens (tertiary/aromatic N) is 3. The third-order valence-corrected chi connectivity index (χ3v) is 6.69. The van der Waals surface area contributed by atoms with Crippen LogP contribution in [0.25, 0.3) is 0 Å². The quantitative estimate of drug-likeness (QED) is 0.305. The Bertz CT molecular complexity index is 1210. The van der Waals surface area contributed by atoms with Crippen LogP contribution in [0.4, 0.5) is 15.3 Å². The zero-order valence-electron chi connectivity index (χ0n) is 23.4. The monoisotopic (exact) mass is 551 g/mol. The molecule has 11 nitrogen and oxygen atoms in total. The Morgan fingerprint density at radius 1 is 1.05 bits per heavy atom. The maximum absolute atomic E-state index is 12.6. The molecule has 11 heteroatoms. The highest BCUT2D eigenvalue weighted by Crippen LogP contribution is 2.23. The second-order valence-corrected chi connectivity index (χ2v) is 10.9. The van der Waals surface area contributed by atoms with Gasteiger partial charge in [0.1, 0.15) is 29.3 Å². The van der Waals surface area contributed by atoms with Gasteiger partial charge in [-0.3, -0.25) is 30.2 Å². The van der Waals surface area contributed by atoms with E-state index in [9.17, 15) is 14.4 Å². The number of nitrogens with one attached hydrogen (secondary N) is 2. The van der Waals surface area contributed by atoms with Gasteiger partial charge in [-0.2, -0.15) is 0 Å². The number of amidine groups is 1. The first-order valence-corrected chi connectivity index (χ1v) is 13.4. The average Bonchev–Trinajstić information content (AvgIpc) is 3.28. The van der Waals surface area contributed by atoms with Gasteiger partial charge in [-0.05, 0) is 64.1 Å². The van der Waals surface area contributed by atoms with Crippen molar-refractivity contribution in [2.45, 2.75) is 45.4 Å². The highest BCUT2D eigenvalue weighted by Gasteiger charge is 2.35. The molecule has 0 aliphatic carbocycles. The molecule has 2 aromatic carbocycles. The van der Waals surface area contributed by atoms with Crippen LogP contribution < -0.4 is 15.0 Å². The van der Waals surface area contributed by atoms with Gasteiger partial charge in [-0.1, -0.05) is 18.2 Å². The Hall–Kier alpha value is -3.96. The Balaban J connectivity index is 1.24. The lowest BCUT2D eigenvalue weighted by Crippen LogP contribution is -2.54. The van der Waals surface area contributed by atoms with Crippen molar-refractivity contribution in [3.8, 4) is 5.75 Å². The molecule has 2 aliphatic rings. The van der Waals surface area contributed by atoms with E-state index < -0.39 is 17.8 Å². The molecular formula is C29H37N5O6. The lowest BCUT2D eigenvalue weighted by atomic mass is 10.1. The molecule has 2 aromatic rings. The van der Waals surface area contributed by atoms with E-state index in [4.69, 9.17) is 19.6 Å². The minimum absolute atomic E-state index is 0.116. The second-order valence-electron chi connectivity index (χ2n) is 10.9. The summed E-state index contributed by atoms with van der Waals surface area (Å²) in [6, 6.07) is 15.0. The zero-order chi connectivity index (χ0) is 28.9. The Morgan fingerprint density at radius 2 is 1.70 bits per heavy atom. The maximum Gasteiger partial charge on any atom is 0.418 e. The molecule has 0 spiro atoms. The molecule has 0 radical (unpaired) electrons. The molecule has 2 atom stereocenters. The largest absolute Gasteiger partial charge is 0.459 e. The fraction of sp³-hybridized carbons (Fsp3) is 0.448. The smallest absolute Gasteiger partial charge is 0.418 e. The van der Waals surface area contributed by atoms with Crippen molar-refractivity contribution >= 4 is 29.7 Å². The molecule has 0 saturated carbocycles. The molecule has 2 heterocycles. The Kier molecular flexibility index (Phi) is 9.06. The summed E-state index contributed by atoms with van der Waals surface area (Å²) in [5, 5.41) is 10.6. The molecule has 0 bridgehead atoms. The predicted octanol–water partition coefficient (Wildman–Crippen LogP) is 3.47. The van der Waals surface area contributed by atoms with Gasteiger partial charge in [0.05, 0.1) is 6.54 Å². The molecule has 4 rings (SSSR count). The molecule has 2 unspecified atom stereocenters. The number of hydrogen-bond acceptors (Lipinski definition) is 9. The van der Waals surface area contributed by atoms with Gasteiger partial charge < -0.3 is 14.2 Å². The molecule has 0 aromatic heterocycles. The number of amides is 2. The van der Waals surface area contributed by atoms with E-state index in [0.29, 0.717) is 30.1 Å². The molecular weight excluding hydrogens is 514 g/mol. The third kappa shape index (κ3) is 7.80. The van der Waals surface area contributed by atoms with Gasteiger partial charge in [0.15, 0.2) is 0 Å². The summed E-state index contributed by atoms with van der Waals surface area (Å²) in [6.45, 7) is 11.5. The van der Waals surface area contributed by atoms with Crippen molar-refractivity contribution in [1.29, 1.82) is 5.41 Å². The number of para-hydroxylation sites is 1. The number of anilines is 1. The number of ether oxygens (including phenoxy) is 3. The Labute approximate surface area is 234 Å². The zero-order valence-corrected chi connectivity index (χ0v) is 23.4. The number of benzene rings is 2. The van der Waals surface area contributed by atoms with Crippen LogP contribution in [-0.4, -0.2) is 90.8 Å². The van der Waals surface area contributed by atoms with Gasteiger partial charge in [0.25, 0.3) is 0 Å². The van der Waals surface area contributed by atoms with Crippen molar-refractivity contribution < 1.29 is 28.6 Å². The number of piperazine rings is 1. The first-order chi connectivity index (χ1) is 19.0. The summed E-state index contributed by atoms with van der Waals surface area (Å²) in [7, 11) is 0. The third-order valence-electron chi connectivity index (χ3n) is 6.69. The summed E-state index contributed by atoms with van der Waals surface area (Å²) < 4.78 is 16.3. The number of carbonyl (C=O) groups is 3. The van der Waals surface area contributed by atoms with E-state index in [1.165, 1.54) is 0 Å². The predicted molar refractivity (Wildman–Crippen MR) is 150 cm³/mol. The van der Waals surface area contributed by atoms with Crippen LogP contribution in [0, 0.1) is 5.41 Å². The van der Waals surface area contributed by atoms with E-state index in [-0.39, 0.29) is 24.0 Å². The molecule has 2 aliphatic heterocycles. The van der Waals surface area contributed by atoms with Crippen molar-refractivity contribution in [2.75, 3.05) is 44.2 Å². The first-order valence-electron chi connectivity index (χ1n) is 13.4. The number of hydrogen-bond donors (Lipinski definition) is 2. The van der Waals surface area contributed by atoms with Crippen molar-refractivity contribution in [1.82, 2.24) is 15.1 Å². The second kappa shape index (κ2) is 12.5. The minimum Gasteiger partial charge on any atom is -0.459 e. The van der Waals surface area contributed by atoms with Gasteiger partial charge >= 0.3 is 18.2 Å². The van der Waals surface area contributed by atoms with Crippen molar-refractivity contribution in [3.05, 3.63) is 60.2 Å². The molecule has 2 saturated heterocycles. The molecule has 40 heavy (non-hydrogen) atoms. The van der Waals surface area contributed by atoms with E-state index in [0.717, 1.165) is 26.2 Å². The van der Waals surface area contributed by atoms with Gasteiger partial charge in [0.2, 0.25) is 0 Å². The molecule has 2 N–H and O–H groups in total. The average molecular weight is 552 g/mol. The van der Waals surface area contributed by atoms with Crippen LogP contribution in [0.1, 0.15) is 33.3 Å². The molecule has 2 fully saturated rings. The van der Waals surface area contributed by atoms with E-state index in [1.54, 1.807) is 53.4 Å². The fourth-order valence-electron chi connectivity index (χ4n) is 4.59. The van der Waals surface area contributed by atoms with Crippen LogP contribution in [0.15, 0.2) is 54.6 Å². The van der Waals surface area contributed by atoms with E-state index in [1.807, 2.05) is 33.8 Å². The number of cyclic esters (lactones) is 1. The lowest BCUT2D eigenvalue weighted by molar-refractivity contribution is -0.161. The van der Waals surface area contributed by atoms with Gasteiger partial charge in [0, 0.05) is 44.0 Å². The van der Waals surface area contributed by atoms with Crippen molar-refractivity contribution in [2.24, 2.45) is 0 Å². The standard InChI is InChI=1S/C29H37N5O6/c1-20(26(35)40-29(2,3)4)33-16-14-32(15-17-33)18-24-19-34(28(37)39-24)22-12-10-21(11-13-22)25(30)31-27(36)38-23-8-6-5-7-9-23/h5-13,20,24H,14-19H2,1-4H3,(H2,30,31,36). The summed E-state index contributed by atoms with van der Waals surface area (Å²) >= 11 is 0. The van der Waals surface area contributed by atoms with Crippen molar-refractivity contribution in [3.63, 3.8) is 0 Å². The topological polar surface area (TPSA) is 125 Å². The van der Waals surface area contributed by atoms with Gasteiger partial charge in [-0.25, -0.2) is 9.59 Å². The normalized spacial score (nSPS) is 19.1. The Morgan fingerprint density at radius 3 is 2.33 bits per heavy atom. The van der Waals surface area contributed by atoms with E-state index >= 15 is 0 Å². The fourth-order valence-corrected chi connectivity index (χ4v) is 4.59. The summed E-state index contributed by atoms with van der Waals surface area (Å²) in [5.74, 6) is 0.0438. The number of carbonyl (C=O) groups excluding carboxylic acids is 3. The first kappa shape index (κ1) is 29.0. The van der Waals surface area contributed by atoms with Crippen LogP contribution in [0.3, 0.4) is 0 Å². The van der Waals surface area contributed by atoms with Crippen LogP contribution in [0.2, 0.25) is 0 Å². The highest BCUT2D eigenvalue weighted by molar-refractivity contribution is 6.05. The highest BCUT2D eigenvalue weighted by atomic mass is 16.6. The van der Waals surface area contributed by atoms with Crippen LogP contribution >= 0.6 is 0 Å². The summed E-state index contributed by atoms with van der Waals surface area (Å²) in [4.78, 5) is 43.0. The molecule has 2 amide bonds. The maximum atomic E-state index is 12.6. The summed E-state index contributed by atoms with van der Waals surface area (Å²) in [6.07, 6.45) is -1.46. The van der Waals surface area contributed by atoms with Crippen LogP contribution in [0.5, 0.6) is 5.75 Å². The van der Waals surface area contributed by atoms with Crippen LogP contribution in [-0.2, 0) is 14.3 Å². The minimum atomic E-state index is -0.758. The number of rotatable bonds is 7. The molecule has 214 valence electrons. The summed E-state index contributed by atoms with van der Waals surface area (Å²) in [5.41, 5.74) is 0.601.